The third kappa shape index (κ3) is 3.45. The smallest absolute Gasteiger partial charge is 0.240 e. The third-order valence-corrected chi connectivity index (χ3v) is 6.88. The lowest BCUT2D eigenvalue weighted by Crippen LogP contribution is -2.59. The second-order valence-corrected chi connectivity index (χ2v) is 9.32. The fourth-order valence-electron chi connectivity index (χ4n) is 3.05. The summed E-state index contributed by atoms with van der Waals surface area (Å²) >= 11 is 1.47. The summed E-state index contributed by atoms with van der Waals surface area (Å²) in [7, 11) is -3.69. The first-order chi connectivity index (χ1) is 12.8. The third-order valence-electron chi connectivity index (χ3n) is 4.45. The first-order valence-corrected chi connectivity index (χ1v) is 10.7. The van der Waals surface area contributed by atoms with Gasteiger partial charge < -0.3 is 4.90 Å². The highest BCUT2D eigenvalue weighted by atomic mass is 32.2. The van der Waals surface area contributed by atoms with Gasteiger partial charge in [-0.15, -0.1) is 10.2 Å². The summed E-state index contributed by atoms with van der Waals surface area (Å²) in [5, 5.41) is 9.65. The number of anilines is 2. The number of hydrogen-bond donors (Lipinski definition) is 1. The molecule has 27 heavy (non-hydrogen) atoms. The number of aromatic nitrogens is 2. The van der Waals surface area contributed by atoms with Crippen molar-refractivity contribution in [1.29, 1.82) is 0 Å². The van der Waals surface area contributed by atoms with Crippen LogP contribution in [-0.2, 0) is 19.6 Å². The van der Waals surface area contributed by atoms with Gasteiger partial charge in [-0.3, -0.25) is 14.5 Å². The van der Waals surface area contributed by atoms with Crippen LogP contribution in [-0.4, -0.2) is 49.6 Å². The zero-order valence-corrected chi connectivity index (χ0v) is 16.1. The maximum absolute atomic E-state index is 12.5. The lowest BCUT2D eigenvalue weighted by atomic mass is 10.1. The van der Waals surface area contributed by atoms with Crippen molar-refractivity contribution in [1.82, 2.24) is 14.9 Å². The first kappa shape index (κ1) is 18.0. The molecule has 4 rings (SSSR count). The number of carbonyl (C=O) groups excluding carboxylic acids is 2. The number of imide groups is 1. The lowest BCUT2D eigenvalue weighted by Gasteiger charge is -2.38. The van der Waals surface area contributed by atoms with Crippen LogP contribution in [0.15, 0.2) is 29.2 Å². The Morgan fingerprint density at radius 2 is 1.70 bits per heavy atom. The number of hydrogen-bond acceptors (Lipinski definition) is 8. The van der Waals surface area contributed by atoms with Crippen molar-refractivity contribution in [2.75, 3.05) is 22.9 Å². The molecule has 1 N–H and O–H groups in total. The van der Waals surface area contributed by atoms with E-state index in [1.807, 2.05) is 11.8 Å². The van der Waals surface area contributed by atoms with E-state index in [2.05, 4.69) is 14.9 Å². The quantitative estimate of drug-likeness (QED) is 0.725. The number of rotatable bonds is 5. The van der Waals surface area contributed by atoms with Crippen molar-refractivity contribution in [2.24, 2.45) is 0 Å². The van der Waals surface area contributed by atoms with Crippen LogP contribution >= 0.6 is 11.3 Å². The van der Waals surface area contributed by atoms with E-state index in [0.29, 0.717) is 18.8 Å². The van der Waals surface area contributed by atoms with Gasteiger partial charge in [-0.1, -0.05) is 11.3 Å². The molecule has 3 heterocycles. The molecule has 1 aromatic carbocycles. The van der Waals surface area contributed by atoms with Crippen LogP contribution in [0.4, 0.5) is 10.8 Å². The Labute approximate surface area is 160 Å². The summed E-state index contributed by atoms with van der Waals surface area (Å²) in [5.74, 6) is -0.537. The SMILES string of the molecule is Cc1nnc(N2CC(NS(=O)(=O)c3ccc(N4C(=O)CCC4=O)cc3)C2)s1. The van der Waals surface area contributed by atoms with Crippen molar-refractivity contribution >= 4 is 44.0 Å². The van der Waals surface area contributed by atoms with E-state index in [1.54, 1.807) is 0 Å². The van der Waals surface area contributed by atoms with Gasteiger partial charge in [0.25, 0.3) is 0 Å². The molecule has 0 atom stereocenters. The van der Waals surface area contributed by atoms with Crippen LogP contribution in [0.3, 0.4) is 0 Å². The van der Waals surface area contributed by atoms with Crippen molar-refractivity contribution in [3.8, 4) is 0 Å². The minimum atomic E-state index is -3.69. The first-order valence-electron chi connectivity index (χ1n) is 8.37. The second kappa shape index (κ2) is 6.66. The number of nitrogens with one attached hydrogen (secondary N) is 1. The van der Waals surface area contributed by atoms with Gasteiger partial charge in [0.1, 0.15) is 5.01 Å². The average Bonchev–Trinajstić information content (AvgIpc) is 3.16. The van der Waals surface area contributed by atoms with E-state index in [4.69, 9.17) is 0 Å². The summed E-state index contributed by atoms with van der Waals surface area (Å²) in [4.78, 5) is 26.7. The monoisotopic (exact) mass is 407 g/mol. The van der Waals surface area contributed by atoms with Gasteiger partial charge in [0.05, 0.1) is 16.6 Å². The minimum Gasteiger partial charge on any atom is -0.343 e. The number of carbonyl (C=O) groups is 2. The molecule has 2 saturated heterocycles. The standard InChI is InChI=1S/C16H17N5O4S2/c1-10-17-18-16(26-10)20-8-11(9-20)19-27(24,25)13-4-2-12(3-5-13)21-14(22)6-7-15(21)23/h2-5,11,19H,6-9H2,1H3. The normalized spacial score (nSPS) is 18.3. The fraction of sp³-hybridized carbons (Fsp3) is 0.375. The lowest BCUT2D eigenvalue weighted by molar-refractivity contribution is -0.121. The fourth-order valence-corrected chi connectivity index (χ4v) is 4.97. The molecule has 0 bridgehead atoms. The topological polar surface area (TPSA) is 113 Å². The van der Waals surface area contributed by atoms with Crippen molar-refractivity contribution in [3.63, 3.8) is 0 Å². The van der Waals surface area contributed by atoms with Crippen LogP contribution in [0.2, 0.25) is 0 Å². The molecular formula is C16H17N5O4S2. The molecule has 1 aromatic heterocycles. The Balaban J connectivity index is 1.41. The van der Waals surface area contributed by atoms with Gasteiger partial charge in [0, 0.05) is 25.9 Å². The van der Waals surface area contributed by atoms with Crippen LogP contribution in [0.5, 0.6) is 0 Å². The molecule has 0 radical (unpaired) electrons. The molecule has 0 spiro atoms. The van der Waals surface area contributed by atoms with Crippen molar-refractivity contribution in [3.05, 3.63) is 29.3 Å². The maximum atomic E-state index is 12.5. The highest BCUT2D eigenvalue weighted by molar-refractivity contribution is 7.89. The average molecular weight is 407 g/mol. The molecule has 2 amide bonds. The zero-order valence-electron chi connectivity index (χ0n) is 14.5. The molecule has 0 saturated carbocycles. The second-order valence-electron chi connectivity index (χ2n) is 6.44. The molecule has 2 aliphatic heterocycles. The van der Waals surface area contributed by atoms with Crippen LogP contribution in [0, 0.1) is 6.92 Å². The van der Waals surface area contributed by atoms with E-state index in [1.165, 1.54) is 35.6 Å². The Morgan fingerprint density at radius 1 is 1.07 bits per heavy atom. The highest BCUT2D eigenvalue weighted by Gasteiger charge is 2.33. The van der Waals surface area contributed by atoms with Gasteiger partial charge in [-0.05, 0) is 31.2 Å². The molecule has 11 heteroatoms. The number of amides is 2. The molecule has 0 unspecified atom stereocenters. The molecule has 2 fully saturated rings. The van der Waals surface area contributed by atoms with Gasteiger partial charge in [0.15, 0.2) is 0 Å². The molecule has 0 aliphatic carbocycles. The van der Waals surface area contributed by atoms with Crippen molar-refractivity contribution in [2.45, 2.75) is 30.7 Å². The van der Waals surface area contributed by atoms with Gasteiger partial charge in [0.2, 0.25) is 27.0 Å². The predicted octanol–water partition coefficient (Wildman–Crippen LogP) is 0.667. The Hall–Kier alpha value is -2.37. The molecule has 2 aromatic rings. The molecule has 9 nitrogen and oxygen atoms in total. The summed E-state index contributed by atoms with van der Waals surface area (Å²) in [5.41, 5.74) is 0.392. The zero-order chi connectivity index (χ0) is 19.2. The number of sulfonamides is 1. The van der Waals surface area contributed by atoms with Crippen LogP contribution in [0.25, 0.3) is 0 Å². The summed E-state index contributed by atoms with van der Waals surface area (Å²) < 4.78 is 27.7. The highest BCUT2D eigenvalue weighted by Crippen LogP contribution is 2.26. The van der Waals surface area contributed by atoms with E-state index >= 15 is 0 Å². The predicted molar refractivity (Wildman–Crippen MR) is 99.1 cm³/mol. The summed E-state index contributed by atoms with van der Waals surface area (Å²) in [6, 6.07) is 5.56. The summed E-state index contributed by atoms with van der Waals surface area (Å²) in [6.07, 6.45) is 0.375. The van der Waals surface area contributed by atoms with Crippen LogP contribution < -0.4 is 14.5 Å². The van der Waals surface area contributed by atoms with E-state index < -0.39 is 10.0 Å². The van der Waals surface area contributed by atoms with E-state index in [-0.39, 0.29) is 35.6 Å². The van der Waals surface area contributed by atoms with Gasteiger partial charge >= 0.3 is 0 Å². The largest absolute Gasteiger partial charge is 0.343 e. The van der Waals surface area contributed by atoms with Crippen molar-refractivity contribution < 1.29 is 18.0 Å². The number of nitrogens with zero attached hydrogens (tertiary/aromatic N) is 4. The number of aryl methyl sites for hydroxylation is 1. The number of benzene rings is 1. The van der Waals surface area contributed by atoms with Gasteiger partial charge in [-0.25, -0.2) is 13.1 Å². The molecule has 142 valence electrons. The molecule has 2 aliphatic rings. The van der Waals surface area contributed by atoms with E-state index in [0.717, 1.165) is 15.0 Å². The Bertz CT molecular complexity index is 980. The van der Waals surface area contributed by atoms with Crippen LogP contribution in [0.1, 0.15) is 17.8 Å². The summed E-state index contributed by atoms with van der Waals surface area (Å²) in [6.45, 7) is 2.93. The minimum absolute atomic E-state index is 0.0931. The van der Waals surface area contributed by atoms with E-state index in [9.17, 15) is 18.0 Å². The molecular weight excluding hydrogens is 390 g/mol. The maximum Gasteiger partial charge on any atom is 0.240 e. The Morgan fingerprint density at radius 3 is 2.26 bits per heavy atom. The van der Waals surface area contributed by atoms with Gasteiger partial charge in [-0.2, -0.15) is 0 Å². The Kier molecular flexibility index (Phi) is 4.44.